The number of hydrogen-bond acceptors (Lipinski definition) is 4. The van der Waals surface area contributed by atoms with Crippen molar-refractivity contribution in [1.82, 2.24) is 19.2 Å². The fraction of sp³-hybridized carbons (Fsp3) is 0.850. The lowest BCUT2D eigenvalue weighted by atomic mass is 9.87. The minimum absolute atomic E-state index is 0.299. The number of piperidine rings is 1. The first-order valence-corrected chi connectivity index (χ1v) is 10.5. The minimum atomic E-state index is -0.419. The van der Waals surface area contributed by atoms with Gasteiger partial charge >= 0.3 is 11.1 Å². The highest BCUT2D eigenvalue weighted by atomic mass is 16.2. The van der Waals surface area contributed by atoms with Crippen LogP contribution < -0.4 is 11.1 Å². The van der Waals surface area contributed by atoms with Crippen molar-refractivity contribution >= 4 is 0 Å². The standard InChI is InChI=1S/C20H32N4O2/c1-14(2)10-22-9-8-16-12-23-18(17(16)13-22)21-24(20(26)19(23)25)11-15-6-4-3-5-7-15/h14-17H,3-13H2,1-2H3/t16-,17-/m1/s1. The topological polar surface area (TPSA) is 60.1 Å². The number of likely N-dealkylation sites (tertiary alicyclic amines) is 1. The number of hydrogen-bond donors (Lipinski definition) is 0. The van der Waals surface area contributed by atoms with E-state index in [1.807, 2.05) is 0 Å². The molecule has 1 saturated heterocycles. The van der Waals surface area contributed by atoms with E-state index in [0.29, 0.717) is 36.8 Å². The summed E-state index contributed by atoms with van der Waals surface area (Å²) in [7, 11) is 0. The Kier molecular flexibility index (Phi) is 5.04. The molecule has 1 aromatic rings. The van der Waals surface area contributed by atoms with Gasteiger partial charge in [-0.1, -0.05) is 33.1 Å². The minimum Gasteiger partial charge on any atom is -0.302 e. The summed E-state index contributed by atoms with van der Waals surface area (Å²) in [5, 5.41) is 4.75. The summed E-state index contributed by atoms with van der Waals surface area (Å²) in [4.78, 5) is 27.8. The molecule has 0 amide bonds. The van der Waals surface area contributed by atoms with Crippen LogP contribution in [0.25, 0.3) is 0 Å². The van der Waals surface area contributed by atoms with Gasteiger partial charge in [-0.3, -0.25) is 14.2 Å². The average molecular weight is 361 g/mol. The summed E-state index contributed by atoms with van der Waals surface area (Å²) in [5.41, 5.74) is -0.771. The molecule has 0 radical (unpaired) electrons. The fourth-order valence-corrected chi connectivity index (χ4v) is 5.24. The molecule has 0 aromatic carbocycles. The largest absolute Gasteiger partial charge is 0.332 e. The maximum absolute atomic E-state index is 12.7. The van der Waals surface area contributed by atoms with E-state index in [4.69, 9.17) is 5.10 Å². The molecule has 0 unspecified atom stereocenters. The van der Waals surface area contributed by atoms with Gasteiger partial charge in [0, 0.05) is 32.1 Å². The Labute approximate surface area is 155 Å². The number of fused-ring (bicyclic) bond motifs is 3. The first-order chi connectivity index (χ1) is 12.5. The van der Waals surface area contributed by atoms with Crippen molar-refractivity contribution < 1.29 is 0 Å². The summed E-state index contributed by atoms with van der Waals surface area (Å²) in [6.07, 6.45) is 7.16. The Morgan fingerprint density at radius 2 is 1.81 bits per heavy atom. The predicted molar refractivity (Wildman–Crippen MR) is 101 cm³/mol. The Bertz CT molecular complexity index is 760. The normalized spacial score (nSPS) is 26.9. The summed E-state index contributed by atoms with van der Waals surface area (Å²) in [6.45, 7) is 8.95. The lowest BCUT2D eigenvalue weighted by Crippen LogP contribution is -2.44. The second-order valence-electron chi connectivity index (χ2n) is 9.07. The smallest absolute Gasteiger partial charge is 0.302 e. The van der Waals surface area contributed by atoms with E-state index in [-0.39, 0.29) is 5.56 Å². The van der Waals surface area contributed by atoms with Gasteiger partial charge < -0.3 is 4.90 Å². The van der Waals surface area contributed by atoms with Crippen molar-refractivity contribution in [2.24, 2.45) is 17.8 Å². The van der Waals surface area contributed by atoms with Crippen molar-refractivity contribution in [1.29, 1.82) is 0 Å². The third kappa shape index (κ3) is 3.40. The third-order valence-corrected chi connectivity index (χ3v) is 6.53. The first kappa shape index (κ1) is 18.0. The third-order valence-electron chi connectivity index (χ3n) is 6.53. The molecule has 26 heavy (non-hydrogen) atoms. The SMILES string of the molecule is CC(C)CN1CC[C@@H]2Cn3c(nn(CC4CCCCC4)c(=O)c3=O)[C@@H]2C1. The summed E-state index contributed by atoms with van der Waals surface area (Å²) in [5.74, 6) is 2.77. The van der Waals surface area contributed by atoms with Crippen molar-refractivity contribution in [3.05, 3.63) is 26.5 Å². The lowest BCUT2D eigenvalue weighted by Gasteiger charge is -2.35. The molecule has 2 atom stereocenters. The quantitative estimate of drug-likeness (QED) is 0.771. The van der Waals surface area contributed by atoms with E-state index in [0.717, 1.165) is 44.7 Å². The van der Waals surface area contributed by atoms with Gasteiger partial charge in [0.25, 0.3) is 0 Å². The zero-order chi connectivity index (χ0) is 18.3. The molecular weight excluding hydrogens is 328 g/mol. The summed E-state index contributed by atoms with van der Waals surface area (Å²) >= 11 is 0. The zero-order valence-corrected chi connectivity index (χ0v) is 16.2. The second-order valence-corrected chi connectivity index (χ2v) is 9.07. The molecule has 0 spiro atoms. The predicted octanol–water partition coefficient (Wildman–Crippen LogP) is 2.06. The van der Waals surface area contributed by atoms with Crippen LogP contribution in [-0.4, -0.2) is 38.9 Å². The van der Waals surface area contributed by atoms with E-state index < -0.39 is 5.56 Å². The van der Waals surface area contributed by atoms with Crippen molar-refractivity contribution in [2.75, 3.05) is 19.6 Å². The molecule has 0 bridgehead atoms. The molecule has 3 heterocycles. The van der Waals surface area contributed by atoms with Gasteiger partial charge in [-0.2, -0.15) is 5.10 Å². The highest BCUT2D eigenvalue weighted by Gasteiger charge is 2.40. The molecule has 2 aliphatic heterocycles. The second kappa shape index (κ2) is 7.29. The monoisotopic (exact) mass is 360 g/mol. The summed E-state index contributed by atoms with van der Waals surface area (Å²) in [6, 6.07) is 0. The Morgan fingerprint density at radius 3 is 2.54 bits per heavy atom. The Hall–Kier alpha value is -1.43. The van der Waals surface area contributed by atoms with E-state index in [1.165, 1.54) is 23.9 Å². The van der Waals surface area contributed by atoms with Crippen LogP contribution in [0.5, 0.6) is 0 Å². The molecule has 1 saturated carbocycles. The van der Waals surface area contributed by atoms with Gasteiger partial charge in [0.15, 0.2) is 0 Å². The number of rotatable bonds is 4. The summed E-state index contributed by atoms with van der Waals surface area (Å²) < 4.78 is 3.20. The maximum Gasteiger partial charge on any atom is 0.332 e. The van der Waals surface area contributed by atoms with Crippen LogP contribution in [0.2, 0.25) is 0 Å². The zero-order valence-electron chi connectivity index (χ0n) is 16.2. The van der Waals surface area contributed by atoms with E-state index in [1.54, 1.807) is 4.57 Å². The Balaban J connectivity index is 1.60. The van der Waals surface area contributed by atoms with Crippen LogP contribution in [0.3, 0.4) is 0 Å². The molecule has 2 fully saturated rings. The molecule has 0 N–H and O–H groups in total. The van der Waals surface area contributed by atoms with Crippen LogP contribution in [0.1, 0.15) is 64.1 Å². The van der Waals surface area contributed by atoms with Crippen LogP contribution in [0, 0.1) is 17.8 Å². The molecule has 1 aliphatic carbocycles. The maximum atomic E-state index is 12.7. The Morgan fingerprint density at radius 1 is 1.04 bits per heavy atom. The highest BCUT2D eigenvalue weighted by molar-refractivity contribution is 5.09. The van der Waals surface area contributed by atoms with Crippen LogP contribution >= 0.6 is 0 Å². The molecule has 4 rings (SSSR count). The molecular formula is C20H32N4O2. The van der Waals surface area contributed by atoms with E-state index in [2.05, 4.69) is 18.7 Å². The highest BCUT2D eigenvalue weighted by Crippen LogP contribution is 2.37. The van der Waals surface area contributed by atoms with Crippen LogP contribution in [-0.2, 0) is 13.1 Å². The van der Waals surface area contributed by atoms with Crippen molar-refractivity contribution in [3.8, 4) is 0 Å². The van der Waals surface area contributed by atoms with Gasteiger partial charge in [-0.25, -0.2) is 4.68 Å². The average Bonchev–Trinajstić information content (AvgIpc) is 2.98. The molecule has 6 heteroatoms. The van der Waals surface area contributed by atoms with Gasteiger partial charge in [-0.15, -0.1) is 0 Å². The number of nitrogens with zero attached hydrogens (tertiary/aromatic N) is 4. The van der Waals surface area contributed by atoms with Crippen LogP contribution in [0.4, 0.5) is 0 Å². The molecule has 6 nitrogen and oxygen atoms in total. The molecule has 144 valence electrons. The van der Waals surface area contributed by atoms with Crippen molar-refractivity contribution in [2.45, 2.75) is 71.4 Å². The van der Waals surface area contributed by atoms with Gasteiger partial charge in [0.05, 0.1) is 0 Å². The van der Waals surface area contributed by atoms with Gasteiger partial charge in [0.2, 0.25) is 0 Å². The van der Waals surface area contributed by atoms with E-state index in [9.17, 15) is 9.59 Å². The molecule has 3 aliphatic rings. The fourth-order valence-electron chi connectivity index (χ4n) is 5.24. The van der Waals surface area contributed by atoms with Crippen LogP contribution in [0.15, 0.2) is 9.59 Å². The van der Waals surface area contributed by atoms with Gasteiger partial charge in [0.1, 0.15) is 5.82 Å². The van der Waals surface area contributed by atoms with Gasteiger partial charge in [-0.05, 0) is 43.6 Å². The lowest BCUT2D eigenvalue weighted by molar-refractivity contribution is 0.150. The first-order valence-electron chi connectivity index (χ1n) is 10.5. The van der Waals surface area contributed by atoms with E-state index >= 15 is 0 Å². The van der Waals surface area contributed by atoms with Crippen molar-refractivity contribution in [3.63, 3.8) is 0 Å². The number of aromatic nitrogens is 3. The molecule has 1 aromatic heterocycles.